The zero-order chi connectivity index (χ0) is 15.8. The minimum atomic E-state index is 0. The zero-order valence-corrected chi connectivity index (χ0v) is 15.0. The van der Waals surface area contributed by atoms with Gasteiger partial charge in [-0.2, -0.15) is 0 Å². The van der Waals surface area contributed by atoms with Gasteiger partial charge in [-0.25, -0.2) is 0 Å². The molecule has 1 amide bonds. The fourth-order valence-corrected chi connectivity index (χ4v) is 2.69. The first kappa shape index (κ1) is 19.8. The van der Waals surface area contributed by atoms with Gasteiger partial charge in [0.15, 0.2) is 0 Å². The highest BCUT2D eigenvalue weighted by molar-refractivity contribution is 5.85. The molecule has 130 valence electrons. The Bertz CT molecular complexity index is 488. The topological polar surface area (TPSA) is 50.4 Å². The van der Waals surface area contributed by atoms with E-state index >= 15 is 0 Å². The van der Waals surface area contributed by atoms with E-state index in [0.717, 1.165) is 44.1 Å². The predicted molar refractivity (Wildman–Crippen MR) is 96.5 cm³/mol. The second-order valence-corrected chi connectivity index (χ2v) is 6.20. The lowest BCUT2D eigenvalue weighted by Gasteiger charge is -2.10. The van der Waals surface area contributed by atoms with Crippen LogP contribution in [0.5, 0.6) is 5.75 Å². The molecule has 1 unspecified atom stereocenters. The van der Waals surface area contributed by atoms with Crippen LogP contribution < -0.4 is 15.4 Å². The van der Waals surface area contributed by atoms with Gasteiger partial charge in [-0.05, 0) is 75.4 Å². The van der Waals surface area contributed by atoms with Gasteiger partial charge in [-0.3, -0.25) is 4.79 Å². The average Bonchev–Trinajstić information content (AvgIpc) is 3.00. The lowest BCUT2D eigenvalue weighted by Crippen LogP contribution is -2.26. The van der Waals surface area contributed by atoms with Crippen LogP contribution in [0, 0.1) is 19.8 Å². The van der Waals surface area contributed by atoms with Gasteiger partial charge in [-0.15, -0.1) is 12.4 Å². The number of carbonyl (C=O) groups excluding carboxylic acids is 1. The van der Waals surface area contributed by atoms with E-state index in [1.165, 1.54) is 17.5 Å². The van der Waals surface area contributed by atoms with Gasteiger partial charge in [0, 0.05) is 13.0 Å². The molecule has 5 heteroatoms. The van der Waals surface area contributed by atoms with Crippen LogP contribution in [0.2, 0.25) is 0 Å². The van der Waals surface area contributed by atoms with Crippen LogP contribution in [-0.4, -0.2) is 32.1 Å². The number of aryl methyl sites for hydroxylation is 2. The Morgan fingerprint density at radius 3 is 2.87 bits per heavy atom. The van der Waals surface area contributed by atoms with Gasteiger partial charge >= 0.3 is 0 Å². The molecule has 0 aliphatic carbocycles. The number of benzene rings is 1. The molecule has 1 heterocycles. The van der Waals surface area contributed by atoms with Gasteiger partial charge in [0.05, 0.1) is 6.61 Å². The SMILES string of the molecule is Cc1ccc(OCCCC(=O)NCCC2CCNC2)cc1C.Cl. The number of hydrogen-bond donors (Lipinski definition) is 2. The van der Waals surface area contributed by atoms with Gasteiger partial charge in [0.1, 0.15) is 5.75 Å². The fraction of sp³-hybridized carbons (Fsp3) is 0.611. The fourth-order valence-electron chi connectivity index (χ4n) is 2.69. The molecule has 1 aromatic rings. The second kappa shape index (κ2) is 10.5. The average molecular weight is 341 g/mol. The number of rotatable bonds is 8. The minimum absolute atomic E-state index is 0. The molecule has 1 aliphatic heterocycles. The standard InChI is InChI=1S/C18H28N2O2.ClH/c1-14-5-6-17(12-15(14)2)22-11-3-4-18(21)20-10-8-16-7-9-19-13-16;/h5-6,12,16,19H,3-4,7-11,13H2,1-2H3,(H,20,21);1H. The molecule has 4 nitrogen and oxygen atoms in total. The van der Waals surface area contributed by atoms with E-state index in [2.05, 4.69) is 30.5 Å². The summed E-state index contributed by atoms with van der Waals surface area (Å²) in [4.78, 5) is 11.7. The third-order valence-corrected chi connectivity index (χ3v) is 4.33. The van der Waals surface area contributed by atoms with E-state index in [4.69, 9.17) is 4.74 Å². The van der Waals surface area contributed by atoms with Crippen LogP contribution in [0.3, 0.4) is 0 Å². The van der Waals surface area contributed by atoms with Crippen molar-refractivity contribution in [1.82, 2.24) is 10.6 Å². The van der Waals surface area contributed by atoms with Crippen molar-refractivity contribution < 1.29 is 9.53 Å². The van der Waals surface area contributed by atoms with Crippen LogP contribution >= 0.6 is 12.4 Å². The molecule has 23 heavy (non-hydrogen) atoms. The lowest BCUT2D eigenvalue weighted by molar-refractivity contribution is -0.121. The van der Waals surface area contributed by atoms with Crippen molar-refractivity contribution in [3.05, 3.63) is 29.3 Å². The maximum Gasteiger partial charge on any atom is 0.220 e. The smallest absolute Gasteiger partial charge is 0.220 e. The van der Waals surface area contributed by atoms with Crippen LogP contribution in [-0.2, 0) is 4.79 Å². The summed E-state index contributed by atoms with van der Waals surface area (Å²) in [5, 5.41) is 6.35. The Morgan fingerprint density at radius 2 is 2.17 bits per heavy atom. The molecular formula is C18H29ClN2O2. The quantitative estimate of drug-likeness (QED) is 0.715. The van der Waals surface area contributed by atoms with E-state index in [1.807, 2.05) is 12.1 Å². The molecule has 1 atom stereocenters. The van der Waals surface area contributed by atoms with Gasteiger partial charge in [-0.1, -0.05) is 6.07 Å². The molecule has 0 spiro atoms. The molecule has 1 saturated heterocycles. The number of halogens is 1. The van der Waals surface area contributed by atoms with E-state index in [9.17, 15) is 4.79 Å². The van der Waals surface area contributed by atoms with Crippen LogP contribution in [0.4, 0.5) is 0 Å². The van der Waals surface area contributed by atoms with E-state index in [-0.39, 0.29) is 18.3 Å². The highest BCUT2D eigenvalue weighted by Gasteiger charge is 2.13. The summed E-state index contributed by atoms with van der Waals surface area (Å²) in [6, 6.07) is 6.10. The number of hydrogen-bond acceptors (Lipinski definition) is 3. The zero-order valence-electron chi connectivity index (χ0n) is 14.2. The molecule has 0 saturated carbocycles. The highest BCUT2D eigenvalue weighted by Crippen LogP contribution is 2.16. The predicted octanol–water partition coefficient (Wildman–Crippen LogP) is 3.00. The molecule has 0 radical (unpaired) electrons. The molecule has 0 bridgehead atoms. The Labute approximate surface area is 145 Å². The summed E-state index contributed by atoms with van der Waals surface area (Å²) in [5.74, 6) is 1.75. The van der Waals surface area contributed by atoms with Gasteiger partial charge in [0.2, 0.25) is 5.91 Å². The Morgan fingerprint density at radius 1 is 1.35 bits per heavy atom. The summed E-state index contributed by atoms with van der Waals surface area (Å²) < 4.78 is 5.69. The summed E-state index contributed by atoms with van der Waals surface area (Å²) in [7, 11) is 0. The van der Waals surface area contributed by atoms with E-state index < -0.39 is 0 Å². The first-order valence-corrected chi connectivity index (χ1v) is 8.32. The molecular weight excluding hydrogens is 312 g/mol. The Balaban J connectivity index is 0.00000264. The van der Waals surface area contributed by atoms with Crippen molar-refractivity contribution in [3.8, 4) is 5.75 Å². The molecule has 2 rings (SSSR count). The normalized spacial score (nSPS) is 16.7. The van der Waals surface area contributed by atoms with Crippen LogP contribution in [0.15, 0.2) is 18.2 Å². The first-order valence-electron chi connectivity index (χ1n) is 8.32. The Kier molecular flexibility index (Phi) is 9.03. The van der Waals surface area contributed by atoms with Crippen molar-refractivity contribution in [1.29, 1.82) is 0 Å². The van der Waals surface area contributed by atoms with Crippen molar-refractivity contribution in [2.75, 3.05) is 26.2 Å². The Hall–Kier alpha value is -1.26. The number of ether oxygens (including phenoxy) is 1. The van der Waals surface area contributed by atoms with Crippen molar-refractivity contribution in [2.24, 2.45) is 5.92 Å². The van der Waals surface area contributed by atoms with Crippen LogP contribution in [0.25, 0.3) is 0 Å². The van der Waals surface area contributed by atoms with Crippen molar-refractivity contribution in [3.63, 3.8) is 0 Å². The number of amides is 1. The summed E-state index contributed by atoms with van der Waals surface area (Å²) >= 11 is 0. The van der Waals surface area contributed by atoms with Crippen molar-refractivity contribution in [2.45, 2.75) is 39.5 Å². The largest absolute Gasteiger partial charge is 0.494 e. The second-order valence-electron chi connectivity index (χ2n) is 6.20. The molecule has 0 aromatic heterocycles. The monoisotopic (exact) mass is 340 g/mol. The summed E-state index contributed by atoms with van der Waals surface area (Å²) in [5.41, 5.74) is 2.50. The molecule has 1 aliphatic rings. The summed E-state index contributed by atoms with van der Waals surface area (Å²) in [6.07, 6.45) is 3.61. The van der Waals surface area contributed by atoms with Crippen LogP contribution in [0.1, 0.15) is 36.8 Å². The minimum Gasteiger partial charge on any atom is -0.494 e. The van der Waals surface area contributed by atoms with Crippen molar-refractivity contribution >= 4 is 18.3 Å². The van der Waals surface area contributed by atoms with E-state index in [1.54, 1.807) is 0 Å². The maximum absolute atomic E-state index is 11.7. The lowest BCUT2D eigenvalue weighted by atomic mass is 10.1. The third kappa shape index (κ3) is 7.23. The van der Waals surface area contributed by atoms with Gasteiger partial charge < -0.3 is 15.4 Å². The molecule has 1 fully saturated rings. The number of carbonyl (C=O) groups is 1. The summed E-state index contributed by atoms with van der Waals surface area (Å²) in [6.45, 7) is 7.76. The maximum atomic E-state index is 11.7. The molecule has 2 N–H and O–H groups in total. The third-order valence-electron chi connectivity index (χ3n) is 4.33. The first-order chi connectivity index (χ1) is 10.6. The highest BCUT2D eigenvalue weighted by atomic mass is 35.5. The van der Waals surface area contributed by atoms with E-state index in [0.29, 0.717) is 13.0 Å². The molecule has 1 aromatic carbocycles. The van der Waals surface area contributed by atoms with Gasteiger partial charge in [0.25, 0.3) is 0 Å². The number of nitrogens with one attached hydrogen (secondary N) is 2.